The SMILES string of the molecule is COC(=O)c1ccc(OC)c(C2(C)CO2)c1. The molecule has 0 bridgehead atoms. The van der Waals surface area contributed by atoms with E-state index in [-0.39, 0.29) is 11.6 Å². The third kappa shape index (κ3) is 1.76. The maximum atomic E-state index is 11.4. The molecule has 0 saturated carbocycles. The Morgan fingerprint density at radius 2 is 2.12 bits per heavy atom. The standard InChI is InChI=1S/C12H14O4/c1-12(7-16-12)9-6-8(11(13)15-3)4-5-10(9)14-2/h4-6H,7H2,1-3H3. The number of epoxide rings is 1. The lowest BCUT2D eigenvalue weighted by atomic mass is 9.98. The highest BCUT2D eigenvalue weighted by Gasteiger charge is 2.43. The number of benzene rings is 1. The largest absolute Gasteiger partial charge is 0.496 e. The number of hydrogen-bond acceptors (Lipinski definition) is 4. The van der Waals surface area contributed by atoms with E-state index in [0.717, 1.165) is 11.3 Å². The Bertz CT molecular complexity index is 421. The molecular weight excluding hydrogens is 208 g/mol. The zero-order valence-corrected chi connectivity index (χ0v) is 9.57. The number of ether oxygens (including phenoxy) is 3. The van der Waals surface area contributed by atoms with Gasteiger partial charge in [0.25, 0.3) is 0 Å². The van der Waals surface area contributed by atoms with E-state index in [1.54, 1.807) is 25.3 Å². The molecule has 0 spiro atoms. The molecule has 4 nitrogen and oxygen atoms in total. The van der Waals surface area contributed by atoms with Gasteiger partial charge in [0, 0.05) is 5.56 Å². The summed E-state index contributed by atoms with van der Waals surface area (Å²) in [6.07, 6.45) is 0. The van der Waals surface area contributed by atoms with Gasteiger partial charge < -0.3 is 14.2 Å². The lowest BCUT2D eigenvalue weighted by Crippen LogP contribution is -2.08. The maximum Gasteiger partial charge on any atom is 0.337 e. The summed E-state index contributed by atoms with van der Waals surface area (Å²) < 4.78 is 15.3. The number of hydrogen-bond donors (Lipinski definition) is 0. The Morgan fingerprint density at radius 3 is 2.62 bits per heavy atom. The molecular formula is C12H14O4. The number of carbonyl (C=O) groups excluding carboxylic acids is 1. The number of esters is 1. The summed E-state index contributed by atoms with van der Waals surface area (Å²) in [5.41, 5.74) is 1.07. The third-order valence-electron chi connectivity index (χ3n) is 2.77. The minimum Gasteiger partial charge on any atom is -0.496 e. The maximum absolute atomic E-state index is 11.4. The van der Waals surface area contributed by atoms with Crippen molar-refractivity contribution in [2.24, 2.45) is 0 Å². The van der Waals surface area contributed by atoms with Crippen LogP contribution in [0.4, 0.5) is 0 Å². The molecule has 1 saturated heterocycles. The van der Waals surface area contributed by atoms with E-state index in [0.29, 0.717) is 12.2 Å². The fourth-order valence-electron chi connectivity index (χ4n) is 1.63. The van der Waals surface area contributed by atoms with Gasteiger partial charge in [-0.1, -0.05) is 0 Å². The first-order chi connectivity index (χ1) is 7.60. The Labute approximate surface area is 94.1 Å². The monoisotopic (exact) mass is 222 g/mol. The van der Waals surface area contributed by atoms with Crippen LogP contribution in [-0.2, 0) is 15.1 Å². The highest BCUT2D eigenvalue weighted by atomic mass is 16.6. The molecule has 4 heteroatoms. The molecule has 0 aromatic heterocycles. The molecule has 86 valence electrons. The summed E-state index contributed by atoms with van der Waals surface area (Å²) in [4.78, 5) is 11.4. The lowest BCUT2D eigenvalue weighted by Gasteiger charge is -2.12. The number of rotatable bonds is 3. The second kappa shape index (κ2) is 3.79. The second-order valence-electron chi connectivity index (χ2n) is 3.93. The van der Waals surface area contributed by atoms with E-state index in [1.807, 2.05) is 6.92 Å². The van der Waals surface area contributed by atoms with Crippen molar-refractivity contribution in [1.82, 2.24) is 0 Å². The molecule has 1 aliphatic heterocycles. The van der Waals surface area contributed by atoms with E-state index in [9.17, 15) is 4.79 Å². The summed E-state index contributed by atoms with van der Waals surface area (Å²) >= 11 is 0. The summed E-state index contributed by atoms with van der Waals surface area (Å²) in [6, 6.07) is 5.20. The number of methoxy groups -OCH3 is 2. The average molecular weight is 222 g/mol. The summed E-state index contributed by atoms with van der Waals surface area (Å²) in [7, 11) is 2.96. The van der Waals surface area contributed by atoms with E-state index in [2.05, 4.69) is 4.74 Å². The van der Waals surface area contributed by atoms with Crippen LogP contribution in [0, 0.1) is 0 Å². The van der Waals surface area contributed by atoms with Crippen LogP contribution in [-0.4, -0.2) is 26.8 Å². The minimum atomic E-state index is -0.354. The van der Waals surface area contributed by atoms with Crippen LogP contribution in [0.25, 0.3) is 0 Å². The van der Waals surface area contributed by atoms with Crippen LogP contribution in [0.5, 0.6) is 5.75 Å². The quantitative estimate of drug-likeness (QED) is 0.577. The second-order valence-corrected chi connectivity index (χ2v) is 3.93. The highest BCUT2D eigenvalue weighted by molar-refractivity contribution is 5.89. The topological polar surface area (TPSA) is 48.1 Å². The van der Waals surface area contributed by atoms with Crippen LogP contribution < -0.4 is 4.74 Å². The first-order valence-corrected chi connectivity index (χ1v) is 5.01. The normalized spacial score (nSPS) is 22.7. The fraction of sp³-hybridized carbons (Fsp3) is 0.417. The van der Waals surface area contributed by atoms with Crippen molar-refractivity contribution in [2.75, 3.05) is 20.8 Å². The molecule has 1 aromatic rings. The van der Waals surface area contributed by atoms with Crippen molar-refractivity contribution in [1.29, 1.82) is 0 Å². The van der Waals surface area contributed by atoms with Crippen LogP contribution in [0.1, 0.15) is 22.8 Å². The minimum absolute atomic E-state index is 0.324. The first kappa shape index (κ1) is 11.0. The summed E-state index contributed by atoms with van der Waals surface area (Å²) in [6.45, 7) is 2.61. The predicted molar refractivity (Wildman–Crippen MR) is 57.6 cm³/mol. The van der Waals surface area contributed by atoms with Crippen LogP contribution in [0.3, 0.4) is 0 Å². The van der Waals surface area contributed by atoms with Crippen LogP contribution in [0.2, 0.25) is 0 Å². The zero-order valence-electron chi connectivity index (χ0n) is 9.57. The van der Waals surface area contributed by atoms with Gasteiger partial charge in [-0.15, -0.1) is 0 Å². The average Bonchev–Trinajstić information content (AvgIpc) is 3.06. The van der Waals surface area contributed by atoms with Gasteiger partial charge >= 0.3 is 5.97 Å². The summed E-state index contributed by atoms with van der Waals surface area (Å²) in [5, 5.41) is 0. The van der Waals surface area contributed by atoms with Gasteiger partial charge in [0.2, 0.25) is 0 Å². The molecule has 1 unspecified atom stereocenters. The van der Waals surface area contributed by atoms with Crippen molar-refractivity contribution in [3.63, 3.8) is 0 Å². The molecule has 1 atom stereocenters. The Balaban J connectivity index is 2.43. The van der Waals surface area contributed by atoms with E-state index in [1.165, 1.54) is 7.11 Å². The summed E-state index contributed by atoms with van der Waals surface area (Å²) in [5.74, 6) is 0.376. The van der Waals surface area contributed by atoms with E-state index < -0.39 is 0 Å². The van der Waals surface area contributed by atoms with Gasteiger partial charge in [-0.05, 0) is 25.1 Å². The van der Waals surface area contributed by atoms with Gasteiger partial charge in [-0.2, -0.15) is 0 Å². The van der Waals surface area contributed by atoms with Gasteiger partial charge in [-0.3, -0.25) is 0 Å². The number of carbonyl (C=O) groups is 1. The fourth-order valence-corrected chi connectivity index (χ4v) is 1.63. The molecule has 16 heavy (non-hydrogen) atoms. The molecule has 1 heterocycles. The van der Waals surface area contributed by atoms with Crippen LogP contribution >= 0.6 is 0 Å². The predicted octanol–water partition coefficient (Wildman–Crippen LogP) is 1.73. The van der Waals surface area contributed by atoms with Crippen molar-refractivity contribution >= 4 is 5.97 Å². The zero-order chi connectivity index (χ0) is 11.8. The van der Waals surface area contributed by atoms with Gasteiger partial charge in [0.1, 0.15) is 11.4 Å². The van der Waals surface area contributed by atoms with Gasteiger partial charge in [0.15, 0.2) is 0 Å². The molecule has 2 rings (SSSR count). The lowest BCUT2D eigenvalue weighted by molar-refractivity contribution is 0.0600. The van der Waals surface area contributed by atoms with Gasteiger partial charge in [-0.25, -0.2) is 4.79 Å². The Hall–Kier alpha value is -1.55. The van der Waals surface area contributed by atoms with Crippen molar-refractivity contribution < 1.29 is 19.0 Å². The van der Waals surface area contributed by atoms with Crippen molar-refractivity contribution in [2.45, 2.75) is 12.5 Å². The third-order valence-corrected chi connectivity index (χ3v) is 2.77. The molecule has 0 amide bonds. The smallest absolute Gasteiger partial charge is 0.337 e. The van der Waals surface area contributed by atoms with E-state index >= 15 is 0 Å². The highest BCUT2D eigenvalue weighted by Crippen LogP contribution is 2.43. The van der Waals surface area contributed by atoms with Crippen molar-refractivity contribution in [3.8, 4) is 5.75 Å². The Kier molecular flexibility index (Phi) is 2.59. The molecule has 1 fully saturated rings. The van der Waals surface area contributed by atoms with Gasteiger partial charge in [0.05, 0.1) is 26.4 Å². The Morgan fingerprint density at radius 1 is 1.44 bits per heavy atom. The van der Waals surface area contributed by atoms with Crippen molar-refractivity contribution in [3.05, 3.63) is 29.3 Å². The molecule has 1 aliphatic rings. The van der Waals surface area contributed by atoms with E-state index in [4.69, 9.17) is 9.47 Å². The van der Waals surface area contributed by atoms with Crippen LogP contribution in [0.15, 0.2) is 18.2 Å². The molecule has 0 N–H and O–H groups in total. The first-order valence-electron chi connectivity index (χ1n) is 5.01. The molecule has 0 aliphatic carbocycles. The molecule has 0 radical (unpaired) electrons. The molecule has 1 aromatic carbocycles.